The fourth-order valence-corrected chi connectivity index (χ4v) is 1.86. The van der Waals surface area contributed by atoms with Gasteiger partial charge in [0.1, 0.15) is 0 Å². The van der Waals surface area contributed by atoms with Gasteiger partial charge in [0.05, 0.1) is 6.04 Å². The van der Waals surface area contributed by atoms with Crippen LogP contribution in [0.1, 0.15) is 13.3 Å². The van der Waals surface area contributed by atoms with Crippen LogP contribution in [-0.2, 0) is 4.79 Å². The molecule has 0 aromatic carbocycles. The summed E-state index contributed by atoms with van der Waals surface area (Å²) >= 11 is 2.24. The number of rotatable bonds is 3. The first-order valence-electron chi connectivity index (χ1n) is 3.81. The summed E-state index contributed by atoms with van der Waals surface area (Å²) in [6, 6.07) is 0.467. The van der Waals surface area contributed by atoms with Gasteiger partial charge in [-0.15, -0.1) is 0 Å². The summed E-state index contributed by atoms with van der Waals surface area (Å²) in [6.45, 7) is 3.87. The highest BCUT2D eigenvalue weighted by Gasteiger charge is 2.34. The van der Waals surface area contributed by atoms with Gasteiger partial charge in [-0.3, -0.25) is 4.79 Å². The molecule has 0 bridgehead atoms. The fourth-order valence-electron chi connectivity index (χ4n) is 1.41. The molecule has 0 spiro atoms. The second-order valence-corrected chi connectivity index (χ2v) is 4.47. The van der Waals surface area contributed by atoms with Crippen molar-refractivity contribution in [2.45, 2.75) is 19.4 Å². The van der Waals surface area contributed by atoms with Gasteiger partial charge in [-0.05, 0) is 14.0 Å². The summed E-state index contributed by atoms with van der Waals surface area (Å²) in [4.78, 5) is 12.9. The summed E-state index contributed by atoms with van der Waals surface area (Å²) < 4.78 is 2.09. The third-order valence-corrected chi connectivity index (χ3v) is 2.37. The summed E-state index contributed by atoms with van der Waals surface area (Å²) in [6.07, 6.45) is 0.737. The molecule has 1 heterocycles. The average molecular weight is 268 g/mol. The van der Waals surface area contributed by atoms with Crippen molar-refractivity contribution in [3.05, 3.63) is 0 Å². The molecule has 0 aliphatic carbocycles. The van der Waals surface area contributed by atoms with E-state index in [1.54, 1.807) is 0 Å². The molecule has 4 heteroatoms. The molecule has 0 N–H and O–H groups in total. The molecule has 0 aromatic rings. The number of amides is 1. The lowest BCUT2D eigenvalue weighted by Crippen LogP contribution is -2.55. The molecule has 1 unspecified atom stereocenters. The molecule has 64 valence electrons. The molecule has 1 rings (SSSR count). The maximum atomic E-state index is 11.0. The number of hydrogen-bond donors (Lipinski definition) is 0. The molecule has 1 amide bonds. The van der Waals surface area contributed by atoms with Crippen molar-refractivity contribution in [1.29, 1.82) is 0 Å². The Labute approximate surface area is 81.2 Å². The molecule has 0 aromatic heterocycles. The van der Waals surface area contributed by atoms with Crippen molar-refractivity contribution < 1.29 is 4.79 Å². The van der Waals surface area contributed by atoms with Crippen LogP contribution in [0.15, 0.2) is 0 Å². The zero-order valence-electron chi connectivity index (χ0n) is 6.88. The SMILES string of the molecule is CCN1C(=O)CC1CN(C)I. The van der Waals surface area contributed by atoms with Gasteiger partial charge in [-0.25, -0.2) is 3.11 Å². The van der Waals surface area contributed by atoms with E-state index in [1.165, 1.54) is 0 Å². The summed E-state index contributed by atoms with van der Waals surface area (Å²) in [5, 5.41) is 0. The van der Waals surface area contributed by atoms with Gasteiger partial charge in [0, 0.05) is 42.4 Å². The summed E-state index contributed by atoms with van der Waals surface area (Å²) in [7, 11) is 2.02. The van der Waals surface area contributed by atoms with Crippen LogP contribution in [0.4, 0.5) is 0 Å². The third-order valence-electron chi connectivity index (χ3n) is 1.97. The second kappa shape index (κ2) is 3.71. The van der Waals surface area contributed by atoms with Gasteiger partial charge in [-0.2, -0.15) is 0 Å². The Morgan fingerprint density at radius 3 is 2.82 bits per heavy atom. The molecular weight excluding hydrogens is 255 g/mol. The predicted molar refractivity (Wildman–Crippen MR) is 52.4 cm³/mol. The van der Waals surface area contributed by atoms with Gasteiger partial charge in [-0.1, -0.05) is 0 Å². The third kappa shape index (κ3) is 2.05. The van der Waals surface area contributed by atoms with Crippen molar-refractivity contribution >= 4 is 28.8 Å². The Hall–Kier alpha value is 0.160. The Morgan fingerprint density at radius 2 is 2.45 bits per heavy atom. The number of likely N-dealkylation sites (N-methyl/N-ethyl adjacent to an activating group) is 2. The van der Waals surface area contributed by atoms with E-state index in [4.69, 9.17) is 0 Å². The minimum atomic E-state index is 0.302. The van der Waals surface area contributed by atoms with E-state index in [0.29, 0.717) is 11.9 Å². The lowest BCUT2D eigenvalue weighted by molar-refractivity contribution is -0.145. The van der Waals surface area contributed by atoms with E-state index in [0.717, 1.165) is 19.5 Å². The summed E-state index contributed by atoms with van der Waals surface area (Å²) in [5.41, 5.74) is 0. The zero-order valence-corrected chi connectivity index (χ0v) is 9.04. The lowest BCUT2D eigenvalue weighted by Gasteiger charge is -2.40. The van der Waals surface area contributed by atoms with Crippen LogP contribution in [0.25, 0.3) is 0 Å². The normalized spacial score (nSPS) is 24.2. The first-order chi connectivity index (χ1) is 5.15. The van der Waals surface area contributed by atoms with E-state index in [2.05, 4.69) is 26.0 Å². The van der Waals surface area contributed by atoms with E-state index < -0.39 is 0 Å². The zero-order chi connectivity index (χ0) is 8.43. The second-order valence-electron chi connectivity index (χ2n) is 2.83. The number of carbonyl (C=O) groups is 1. The molecule has 1 aliphatic rings. The average Bonchev–Trinajstić information content (AvgIpc) is 1.86. The van der Waals surface area contributed by atoms with Crippen LogP contribution < -0.4 is 0 Å². The van der Waals surface area contributed by atoms with Crippen LogP contribution in [-0.4, -0.2) is 40.1 Å². The van der Waals surface area contributed by atoms with Crippen molar-refractivity contribution in [1.82, 2.24) is 8.01 Å². The fraction of sp³-hybridized carbons (Fsp3) is 0.857. The van der Waals surface area contributed by atoms with Crippen molar-refractivity contribution in [3.63, 3.8) is 0 Å². The molecule has 0 saturated carbocycles. The molecule has 1 fully saturated rings. The lowest BCUT2D eigenvalue weighted by atomic mass is 10.0. The highest BCUT2D eigenvalue weighted by Crippen LogP contribution is 2.19. The monoisotopic (exact) mass is 268 g/mol. The number of β-lactam (4-membered cyclic amide) rings is 1. The first-order valence-corrected chi connectivity index (χ1v) is 4.78. The molecule has 1 saturated heterocycles. The Balaban J connectivity index is 2.33. The van der Waals surface area contributed by atoms with E-state index in [9.17, 15) is 4.79 Å². The first kappa shape index (κ1) is 9.25. The summed E-state index contributed by atoms with van der Waals surface area (Å²) in [5.74, 6) is 0.302. The van der Waals surface area contributed by atoms with Crippen LogP contribution in [0.2, 0.25) is 0 Å². The Kier molecular flexibility index (Phi) is 3.12. The predicted octanol–water partition coefficient (Wildman–Crippen LogP) is 0.889. The number of carbonyl (C=O) groups excluding carboxylic acids is 1. The van der Waals surface area contributed by atoms with Crippen LogP contribution in [0, 0.1) is 0 Å². The van der Waals surface area contributed by atoms with Crippen LogP contribution in [0.3, 0.4) is 0 Å². The maximum Gasteiger partial charge on any atom is 0.224 e. The van der Waals surface area contributed by atoms with Crippen molar-refractivity contribution in [2.24, 2.45) is 0 Å². The molecule has 3 nitrogen and oxygen atoms in total. The largest absolute Gasteiger partial charge is 0.338 e. The van der Waals surface area contributed by atoms with Gasteiger partial charge in [0.25, 0.3) is 0 Å². The molecule has 11 heavy (non-hydrogen) atoms. The van der Waals surface area contributed by atoms with Gasteiger partial charge >= 0.3 is 0 Å². The van der Waals surface area contributed by atoms with E-state index in [1.807, 2.05) is 18.9 Å². The highest BCUT2D eigenvalue weighted by molar-refractivity contribution is 14.1. The van der Waals surface area contributed by atoms with Gasteiger partial charge < -0.3 is 4.90 Å². The minimum absolute atomic E-state index is 0.302. The number of halogens is 1. The highest BCUT2D eigenvalue weighted by atomic mass is 127. The quantitative estimate of drug-likeness (QED) is 0.431. The Bertz CT molecular complexity index is 161. The smallest absolute Gasteiger partial charge is 0.224 e. The molecule has 1 atom stereocenters. The Morgan fingerprint density at radius 1 is 1.82 bits per heavy atom. The molecule has 1 aliphatic heterocycles. The number of nitrogens with zero attached hydrogens (tertiary/aromatic N) is 2. The van der Waals surface area contributed by atoms with Crippen molar-refractivity contribution in [3.8, 4) is 0 Å². The number of likely N-dealkylation sites (tertiary alicyclic amines) is 1. The van der Waals surface area contributed by atoms with E-state index >= 15 is 0 Å². The van der Waals surface area contributed by atoms with Crippen LogP contribution >= 0.6 is 22.9 Å². The van der Waals surface area contributed by atoms with Crippen molar-refractivity contribution in [2.75, 3.05) is 20.1 Å². The topological polar surface area (TPSA) is 23.6 Å². The molecular formula is C7H13IN2O. The van der Waals surface area contributed by atoms with Crippen LogP contribution in [0.5, 0.6) is 0 Å². The minimum Gasteiger partial charge on any atom is -0.338 e. The molecule has 0 radical (unpaired) electrons. The maximum absolute atomic E-state index is 11.0. The number of hydrogen-bond acceptors (Lipinski definition) is 2. The standard InChI is InChI=1S/C7H13IN2O/c1-3-10-6(4-7(10)11)5-9(2)8/h6H,3-5H2,1-2H3. The van der Waals surface area contributed by atoms with Gasteiger partial charge in [0.2, 0.25) is 5.91 Å². The van der Waals surface area contributed by atoms with Gasteiger partial charge in [0.15, 0.2) is 0 Å². The van der Waals surface area contributed by atoms with E-state index in [-0.39, 0.29) is 0 Å².